The quantitative estimate of drug-likeness (QED) is 0.684. The number of halogens is 4. The van der Waals surface area contributed by atoms with Crippen molar-refractivity contribution in [1.29, 1.82) is 0 Å². The second-order valence-corrected chi connectivity index (χ2v) is 4.71. The molecule has 1 atom stereocenters. The molecule has 1 amide bonds. The molecule has 0 radical (unpaired) electrons. The van der Waals surface area contributed by atoms with E-state index in [0.717, 1.165) is 43.5 Å². The van der Waals surface area contributed by atoms with Crippen molar-refractivity contribution >= 4 is 17.6 Å². The molecule has 2 aromatic rings. The molecule has 0 saturated heterocycles. The van der Waals surface area contributed by atoms with Crippen LogP contribution in [0.15, 0.2) is 36.4 Å². The standard InChI is InChI=1S/C16H11F4NO3/c1-24-16(23)14(20)10-6-8(2-4-11(10)17)15(22)21-9-3-5-12(18)13(19)7-9/h2-7,14H,1H3,(H,21,22). The zero-order chi connectivity index (χ0) is 17.9. The van der Waals surface area contributed by atoms with Gasteiger partial charge in [0.25, 0.3) is 5.91 Å². The largest absolute Gasteiger partial charge is 0.467 e. The highest BCUT2D eigenvalue weighted by atomic mass is 19.2. The SMILES string of the molecule is COC(=O)C(F)c1cc(C(=O)Nc2ccc(F)c(F)c2)ccc1F. The Labute approximate surface area is 134 Å². The van der Waals surface area contributed by atoms with Gasteiger partial charge >= 0.3 is 5.97 Å². The van der Waals surface area contributed by atoms with Crippen molar-refractivity contribution in [1.82, 2.24) is 0 Å². The molecule has 0 aromatic heterocycles. The van der Waals surface area contributed by atoms with Crippen molar-refractivity contribution in [3.8, 4) is 0 Å². The van der Waals surface area contributed by atoms with Gasteiger partial charge in [-0.1, -0.05) is 0 Å². The number of amides is 1. The number of esters is 1. The number of anilines is 1. The van der Waals surface area contributed by atoms with Gasteiger partial charge in [-0.25, -0.2) is 22.4 Å². The van der Waals surface area contributed by atoms with E-state index in [1.807, 2.05) is 0 Å². The third-order valence-corrected chi connectivity index (χ3v) is 3.12. The lowest BCUT2D eigenvalue weighted by Gasteiger charge is -2.10. The van der Waals surface area contributed by atoms with Gasteiger partial charge in [-0.15, -0.1) is 0 Å². The summed E-state index contributed by atoms with van der Waals surface area (Å²) in [6, 6.07) is 5.39. The summed E-state index contributed by atoms with van der Waals surface area (Å²) in [6.07, 6.45) is -2.40. The van der Waals surface area contributed by atoms with E-state index in [0.29, 0.717) is 0 Å². The van der Waals surface area contributed by atoms with E-state index < -0.39 is 41.1 Å². The molecule has 0 aliphatic heterocycles. The van der Waals surface area contributed by atoms with Gasteiger partial charge < -0.3 is 10.1 Å². The van der Waals surface area contributed by atoms with Crippen LogP contribution in [-0.4, -0.2) is 19.0 Å². The van der Waals surface area contributed by atoms with E-state index in [4.69, 9.17) is 0 Å². The number of carbonyl (C=O) groups is 2. The molecule has 0 heterocycles. The van der Waals surface area contributed by atoms with Crippen LogP contribution in [0.3, 0.4) is 0 Å². The highest BCUT2D eigenvalue weighted by Gasteiger charge is 2.25. The predicted molar refractivity (Wildman–Crippen MR) is 76.6 cm³/mol. The molecular formula is C16H11F4NO3. The van der Waals surface area contributed by atoms with Crippen LogP contribution < -0.4 is 5.32 Å². The molecule has 8 heteroatoms. The second kappa shape index (κ2) is 7.12. The lowest BCUT2D eigenvalue weighted by molar-refractivity contribution is -0.146. The predicted octanol–water partition coefficient (Wildman–Crippen LogP) is 3.54. The van der Waals surface area contributed by atoms with E-state index in [-0.39, 0.29) is 11.3 Å². The fourth-order valence-corrected chi connectivity index (χ4v) is 1.89. The number of methoxy groups -OCH3 is 1. The summed E-state index contributed by atoms with van der Waals surface area (Å²) in [4.78, 5) is 23.2. The number of hydrogen-bond donors (Lipinski definition) is 1. The summed E-state index contributed by atoms with van der Waals surface area (Å²) in [5.41, 5.74) is -0.892. The Morgan fingerprint density at radius 3 is 2.29 bits per heavy atom. The first kappa shape index (κ1) is 17.5. The van der Waals surface area contributed by atoms with Gasteiger partial charge in [-0.2, -0.15) is 0 Å². The first-order valence-electron chi connectivity index (χ1n) is 6.61. The van der Waals surface area contributed by atoms with E-state index >= 15 is 0 Å². The smallest absolute Gasteiger partial charge is 0.345 e. The molecule has 0 saturated carbocycles. The maximum atomic E-state index is 13.8. The number of ether oxygens (including phenoxy) is 1. The molecule has 4 nitrogen and oxygen atoms in total. The van der Waals surface area contributed by atoms with Gasteiger partial charge in [0.1, 0.15) is 5.82 Å². The summed E-state index contributed by atoms with van der Waals surface area (Å²) < 4.78 is 57.6. The topological polar surface area (TPSA) is 55.4 Å². The van der Waals surface area contributed by atoms with Gasteiger partial charge in [-0.05, 0) is 30.3 Å². The van der Waals surface area contributed by atoms with Crippen molar-refractivity contribution in [3.63, 3.8) is 0 Å². The number of carbonyl (C=O) groups excluding carboxylic acids is 2. The summed E-state index contributed by atoms with van der Waals surface area (Å²) in [5.74, 6) is -5.42. The maximum absolute atomic E-state index is 13.8. The molecular weight excluding hydrogens is 330 g/mol. The van der Waals surface area contributed by atoms with Gasteiger partial charge in [0.05, 0.1) is 7.11 Å². The molecule has 126 valence electrons. The summed E-state index contributed by atoms with van der Waals surface area (Å²) in [5, 5.41) is 2.25. The minimum absolute atomic E-state index is 0.0467. The van der Waals surface area contributed by atoms with Gasteiger partial charge in [0, 0.05) is 22.9 Å². The summed E-state index contributed by atoms with van der Waals surface area (Å²) in [6.45, 7) is 0. The Bertz CT molecular complexity index is 795. The van der Waals surface area contributed by atoms with Crippen LogP contribution in [0.25, 0.3) is 0 Å². The van der Waals surface area contributed by atoms with Crippen molar-refractivity contribution in [2.75, 3.05) is 12.4 Å². The second-order valence-electron chi connectivity index (χ2n) is 4.71. The Balaban J connectivity index is 2.26. The molecule has 0 aliphatic rings. The maximum Gasteiger partial charge on any atom is 0.345 e. The van der Waals surface area contributed by atoms with E-state index in [9.17, 15) is 27.2 Å². The van der Waals surface area contributed by atoms with E-state index in [1.54, 1.807) is 0 Å². The third-order valence-electron chi connectivity index (χ3n) is 3.12. The molecule has 24 heavy (non-hydrogen) atoms. The average Bonchev–Trinajstić information content (AvgIpc) is 2.57. The number of alkyl halides is 1. The van der Waals surface area contributed by atoms with Gasteiger partial charge in [-0.3, -0.25) is 4.79 Å². The van der Waals surface area contributed by atoms with Gasteiger partial charge in [0.15, 0.2) is 11.6 Å². The van der Waals surface area contributed by atoms with Crippen LogP contribution in [0.2, 0.25) is 0 Å². The van der Waals surface area contributed by atoms with Crippen LogP contribution in [0.5, 0.6) is 0 Å². The molecule has 1 unspecified atom stereocenters. The third kappa shape index (κ3) is 3.70. The van der Waals surface area contributed by atoms with Crippen LogP contribution in [0.4, 0.5) is 23.2 Å². The van der Waals surface area contributed by atoms with Gasteiger partial charge in [0.2, 0.25) is 6.17 Å². The molecule has 0 bridgehead atoms. The molecule has 1 N–H and O–H groups in total. The lowest BCUT2D eigenvalue weighted by atomic mass is 10.1. The number of hydrogen-bond acceptors (Lipinski definition) is 3. The molecule has 0 spiro atoms. The van der Waals surface area contributed by atoms with E-state index in [2.05, 4.69) is 10.1 Å². The zero-order valence-corrected chi connectivity index (χ0v) is 12.3. The number of benzene rings is 2. The normalized spacial score (nSPS) is 11.7. The fourth-order valence-electron chi connectivity index (χ4n) is 1.89. The fraction of sp³-hybridized carbons (Fsp3) is 0.125. The first-order chi connectivity index (χ1) is 11.3. The number of rotatable bonds is 4. The monoisotopic (exact) mass is 341 g/mol. The Hall–Kier alpha value is -2.90. The minimum atomic E-state index is -2.40. The van der Waals surface area contributed by atoms with Crippen molar-refractivity contribution < 1.29 is 31.9 Å². The molecule has 2 rings (SSSR count). The Morgan fingerprint density at radius 1 is 1.00 bits per heavy atom. The summed E-state index contributed by atoms with van der Waals surface area (Å²) in [7, 11) is 0.937. The van der Waals surface area contributed by atoms with Crippen molar-refractivity contribution in [2.45, 2.75) is 6.17 Å². The summed E-state index contributed by atoms with van der Waals surface area (Å²) >= 11 is 0. The number of nitrogens with one attached hydrogen (secondary N) is 1. The highest BCUT2D eigenvalue weighted by Crippen LogP contribution is 2.24. The average molecular weight is 341 g/mol. The lowest BCUT2D eigenvalue weighted by Crippen LogP contribution is -2.15. The van der Waals surface area contributed by atoms with Crippen LogP contribution >= 0.6 is 0 Å². The van der Waals surface area contributed by atoms with Crippen LogP contribution in [-0.2, 0) is 9.53 Å². The molecule has 0 aliphatic carbocycles. The van der Waals surface area contributed by atoms with Crippen LogP contribution in [0.1, 0.15) is 22.1 Å². The zero-order valence-electron chi connectivity index (χ0n) is 12.3. The first-order valence-corrected chi connectivity index (χ1v) is 6.61. The van der Waals surface area contributed by atoms with Crippen LogP contribution in [0, 0.1) is 17.5 Å². The van der Waals surface area contributed by atoms with Crippen molar-refractivity contribution in [2.24, 2.45) is 0 Å². The Kier molecular flexibility index (Phi) is 5.18. The van der Waals surface area contributed by atoms with E-state index in [1.165, 1.54) is 0 Å². The van der Waals surface area contributed by atoms with Crippen molar-refractivity contribution in [3.05, 3.63) is 65.0 Å². The highest BCUT2D eigenvalue weighted by molar-refractivity contribution is 6.04. The minimum Gasteiger partial charge on any atom is -0.467 e. The molecule has 0 fully saturated rings. The molecule has 2 aromatic carbocycles. The Morgan fingerprint density at radius 2 is 1.67 bits per heavy atom.